The Morgan fingerprint density at radius 2 is 2.22 bits per heavy atom. The van der Waals surface area contributed by atoms with Crippen LogP contribution < -0.4 is 11.1 Å². The van der Waals surface area contributed by atoms with Crippen molar-refractivity contribution in [1.29, 1.82) is 0 Å². The van der Waals surface area contributed by atoms with Crippen molar-refractivity contribution in [3.8, 4) is 0 Å². The fourth-order valence-electron chi connectivity index (χ4n) is 1.48. The number of nitrogens with one attached hydrogen (secondary N) is 2. The Bertz CT molecular complexity index is 412. The van der Waals surface area contributed by atoms with Crippen LogP contribution >= 0.6 is 0 Å². The van der Waals surface area contributed by atoms with Gasteiger partial charge in [0.05, 0.1) is 17.0 Å². The maximum atomic E-state index is 11.9. The molecule has 18 heavy (non-hydrogen) atoms. The maximum absolute atomic E-state index is 11.9. The predicted molar refractivity (Wildman–Crippen MR) is 70.2 cm³/mol. The van der Waals surface area contributed by atoms with Gasteiger partial charge in [0, 0.05) is 6.54 Å². The van der Waals surface area contributed by atoms with Crippen LogP contribution in [0.3, 0.4) is 0 Å². The number of carbonyl (C=O) groups is 1. The lowest BCUT2D eigenvalue weighted by molar-refractivity contribution is 0.0517. The van der Waals surface area contributed by atoms with Crippen molar-refractivity contribution in [3.63, 3.8) is 0 Å². The largest absolute Gasteiger partial charge is 0.395 e. The molecular formula is C12H22N4O2. The van der Waals surface area contributed by atoms with Gasteiger partial charge >= 0.3 is 0 Å². The number of H-pyrrole nitrogens is 1. The molecule has 0 aliphatic heterocycles. The number of amides is 1. The fraction of sp³-hybridized carbons (Fsp3) is 0.667. The molecule has 0 aliphatic carbocycles. The van der Waals surface area contributed by atoms with Crippen molar-refractivity contribution in [2.45, 2.75) is 45.6 Å². The zero-order valence-corrected chi connectivity index (χ0v) is 11.2. The number of aryl methyl sites for hydroxylation is 1. The topological polar surface area (TPSA) is 104 Å². The van der Waals surface area contributed by atoms with Gasteiger partial charge in [0.15, 0.2) is 5.69 Å². The summed E-state index contributed by atoms with van der Waals surface area (Å²) < 4.78 is 0. The Morgan fingerprint density at radius 1 is 1.56 bits per heavy atom. The molecule has 1 amide bonds. The van der Waals surface area contributed by atoms with Crippen molar-refractivity contribution < 1.29 is 9.90 Å². The van der Waals surface area contributed by atoms with Gasteiger partial charge in [-0.05, 0) is 19.8 Å². The summed E-state index contributed by atoms with van der Waals surface area (Å²) >= 11 is 0. The molecule has 0 saturated carbocycles. The van der Waals surface area contributed by atoms with Crippen LogP contribution in [0.4, 0.5) is 5.69 Å². The van der Waals surface area contributed by atoms with Gasteiger partial charge in [-0.2, -0.15) is 5.10 Å². The summed E-state index contributed by atoms with van der Waals surface area (Å²) in [6.07, 6.45) is 2.25. The summed E-state index contributed by atoms with van der Waals surface area (Å²) in [6.45, 7) is 5.73. The first-order valence-corrected chi connectivity index (χ1v) is 6.24. The van der Waals surface area contributed by atoms with E-state index < -0.39 is 5.60 Å². The Kier molecular flexibility index (Phi) is 4.72. The average molecular weight is 254 g/mol. The third-order valence-corrected chi connectivity index (χ3v) is 2.99. The third kappa shape index (κ3) is 3.46. The van der Waals surface area contributed by atoms with E-state index in [1.54, 1.807) is 6.92 Å². The van der Waals surface area contributed by atoms with Crippen LogP contribution in [0.15, 0.2) is 0 Å². The van der Waals surface area contributed by atoms with Crippen molar-refractivity contribution >= 4 is 11.6 Å². The molecule has 0 aliphatic rings. The summed E-state index contributed by atoms with van der Waals surface area (Å²) in [5.41, 5.74) is 6.31. The summed E-state index contributed by atoms with van der Waals surface area (Å²) in [7, 11) is 0. The van der Waals surface area contributed by atoms with Crippen LogP contribution in [0, 0.1) is 0 Å². The number of nitrogens with two attached hydrogens (primary N) is 1. The zero-order chi connectivity index (χ0) is 13.8. The van der Waals surface area contributed by atoms with Gasteiger partial charge in [-0.25, -0.2) is 0 Å². The minimum atomic E-state index is -0.910. The Labute approximate surface area is 107 Å². The molecule has 6 heteroatoms. The summed E-state index contributed by atoms with van der Waals surface area (Å²) in [5.74, 6) is -0.361. The Hall–Kier alpha value is -1.56. The Morgan fingerprint density at radius 3 is 2.78 bits per heavy atom. The van der Waals surface area contributed by atoms with Gasteiger partial charge in [-0.3, -0.25) is 9.89 Å². The number of hydrogen-bond donors (Lipinski definition) is 4. The highest BCUT2D eigenvalue weighted by atomic mass is 16.3. The molecule has 1 aromatic rings. The maximum Gasteiger partial charge on any atom is 0.274 e. The molecule has 5 N–H and O–H groups in total. The normalized spacial score (nSPS) is 14.2. The lowest BCUT2D eigenvalue weighted by atomic mass is 10.0. The first kappa shape index (κ1) is 14.5. The van der Waals surface area contributed by atoms with Crippen LogP contribution in [0.2, 0.25) is 0 Å². The van der Waals surface area contributed by atoms with Crippen LogP contribution in [0.5, 0.6) is 0 Å². The highest BCUT2D eigenvalue weighted by molar-refractivity contribution is 5.97. The smallest absolute Gasteiger partial charge is 0.274 e. The van der Waals surface area contributed by atoms with E-state index >= 15 is 0 Å². The minimum Gasteiger partial charge on any atom is -0.395 e. The van der Waals surface area contributed by atoms with E-state index in [1.165, 1.54) is 0 Å². The molecular weight excluding hydrogens is 232 g/mol. The van der Waals surface area contributed by atoms with Crippen molar-refractivity contribution in [3.05, 3.63) is 11.4 Å². The lowest BCUT2D eigenvalue weighted by Crippen LogP contribution is -2.40. The van der Waals surface area contributed by atoms with Gasteiger partial charge in [-0.15, -0.1) is 0 Å². The lowest BCUT2D eigenvalue weighted by Gasteiger charge is -2.21. The average Bonchev–Trinajstić information content (AvgIpc) is 2.69. The molecule has 102 valence electrons. The van der Waals surface area contributed by atoms with Crippen molar-refractivity contribution in [2.24, 2.45) is 0 Å². The molecule has 0 spiro atoms. The number of rotatable bonds is 6. The zero-order valence-electron chi connectivity index (χ0n) is 11.2. The molecule has 1 rings (SSSR count). The first-order chi connectivity index (χ1) is 8.41. The second-order valence-corrected chi connectivity index (χ2v) is 4.75. The molecule has 0 bridgehead atoms. The number of aromatic nitrogens is 2. The van der Waals surface area contributed by atoms with Crippen LogP contribution in [0.25, 0.3) is 0 Å². The molecule has 6 nitrogen and oxygen atoms in total. The van der Waals surface area contributed by atoms with Gasteiger partial charge in [-0.1, -0.05) is 20.3 Å². The quantitative estimate of drug-likeness (QED) is 0.603. The molecule has 0 aromatic carbocycles. The van der Waals surface area contributed by atoms with E-state index in [0.29, 0.717) is 12.1 Å². The van der Waals surface area contributed by atoms with Gasteiger partial charge in [0.25, 0.3) is 5.91 Å². The second-order valence-electron chi connectivity index (χ2n) is 4.75. The fourth-order valence-corrected chi connectivity index (χ4v) is 1.48. The molecule has 1 unspecified atom stereocenters. The molecule has 1 heterocycles. The predicted octanol–water partition coefficient (Wildman–Crippen LogP) is 0.835. The van der Waals surface area contributed by atoms with E-state index in [2.05, 4.69) is 15.5 Å². The highest BCUT2D eigenvalue weighted by Gasteiger charge is 2.21. The van der Waals surface area contributed by atoms with E-state index in [4.69, 9.17) is 5.73 Å². The summed E-state index contributed by atoms with van der Waals surface area (Å²) in [4.78, 5) is 11.9. The molecule has 0 radical (unpaired) electrons. The van der Waals surface area contributed by atoms with Gasteiger partial charge in [0.1, 0.15) is 0 Å². The Balaban J connectivity index is 2.67. The van der Waals surface area contributed by atoms with Crippen molar-refractivity contribution in [1.82, 2.24) is 15.5 Å². The molecule has 1 aromatic heterocycles. The van der Waals surface area contributed by atoms with Crippen LogP contribution in [0.1, 0.15) is 49.8 Å². The van der Waals surface area contributed by atoms with E-state index in [0.717, 1.165) is 18.5 Å². The number of nitrogen functional groups attached to an aromatic ring is 1. The van der Waals surface area contributed by atoms with E-state index in [-0.39, 0.29) is 18.1 Å². The van der Waals surface area contributed by atoms with Crippen LogP contribution in [-0.2, 0) is 6.42 Å². The van der Waals surface area contributed by atoms with Gasteiger partial charge < -0.3 is 16.2 Å². The minimum absolute atomic E-state index is 0.178. The number of anilines is 1. The van der Waals surface area contributed by atoms with E-state index in [1.807, 2.05) is 13.8 Å². The molecule has 0 fully saturated rings. The first-order valence-electron chi connectivity index (χ1n) is 6.24. The number of hydrogen-bond acceptors (Lipinski definition) is 4. The number of aliphatic hydroxyl groups is 1. The number of carbonyl (C=O) groups excluding carboxylic acids is 1. The van der Waals surface area contributed by atoms with Crippen molar-refractivity contribution in [2.75, 3.05) is 12.3 Å². The standard InChI is InChI=1S/C12H22N4O2/c1-4-6-8-9(13)10(16-15-8)11(17)14-7-12(3,18)5-2/h18H,4-7,13H2,1-3H3,(H,14,17)(H,15,16). The monoisotopic (exact) mass is 254 g/mol. The van der Waals surface area contributed by atoms with Gasteiger partial charge in [0.2, 0.25) is 0 Å². The summed E-state index contributed by atoms with van der Waals surface area (Å²) in [6, 6.07) is 0. The van der Waals surface area contributed by atoms with E-state index in [9.17, 15) is 9.90 Å². The second kappa shape index (κ2) is 5.86. The number of nitrogens with zero attached hydrogens (tertiary/aromatic N) is 1. The van der Waals surface area contributed by atoms with Crippen LogP contribution in [-0.4, -0.2) is 33.4 Å². The summed E-state index contributed by atoms with van der Waals surface area (Å²) in [5, 5.41) is 19.1. The number of aromatic amines is 1. The molecule has 0 saturated heterocycles. The highest BCUT2D eigenvalue weighted by Crippen LogP contribution is 2.15. The SMILES string of the molecule is CCCc1[nH]nc(C(=O)NCC(C)(O)CC)c1N. The third-order valence-electron chi connectivity index (χ3n) is 2.99. The molecule has 1 atom stereocenters.